The second-order valence-corrected chi connectivity index (χ2v) is 7.18. The minimum Gasteiger partial charge on any atom is -0.381 e. The first-order chi connectivity index (χ1) is 12.8. The standard InChI is InChI=1S/C20H26N4O2/c25-20(16-3-1-15(2-4-16)17-13-21-22-14-17)24-9-5-18(6-10-24)23-19-7-11-26-12-8-19/h1-4,13-14,18-19,23H,5-12H2,(H,21,22). The maximum absolute atomic E-state index is 12.8. The van der Waals surface area contributed by atoms with Crippen LogP contribution in [-0.2, 0) is 4.74 Å². The Hall–Kier alpha value is -2.18. The number of piperidine rings is 1. The van der Waals surface area contributed by atoms with Crippen LogP contribution in [-0.4, -0.2) is 59.4 Å². The lowest BCUT2D eigenvalue weighted by Crippen LogP contribution is -2.48. The molecule has 1 aromatic carbocycles. The average molecular weight is 354 g/mol. The molecule has 0 radical (unpaired) electrons. The van der Waals surface area contributed by atoms with Crippen LogP contribution in [0.2, 0.25) is 0 Å². The lowest BCUT2D eigenvalue weighted by molar-refractivity contribution is 0.0632. The Morgan fingerprint density at radius 3 is 2.38 bits per heavy atom. The molecule has 0 bridgehead atoms. The van der Waals surface area contributed by atoms with Crippen molar-refractivity contribution in [3.05, 3.63) is 42.2 Å². The van der Waals surface area contributed by atoms with Crippen LogP contribution in [0, 0.1) is 0 Å². The Bertz CT molecular complexity index is 700. The third kappa shape index (κ3) is 3.97. The van der Waals surface area contributed by atoms with E-state index in [1.165, 1.54) is 0 Å². The highest BCUT2D eigenvalue weighted by atomic mass is 16.5. The van der Waals surface area contributed by atoms with E-state index >= 15 is 0 Å². The van der Waals surface area contributed by atoms with E-state index in [4.69, 9.17) is 4.74 Å². The van der Waals surface area contributed by atoms with Crippen LogP contribution in [0.25, 0.3) is 11.1 Å². The molecule has 138 valence electrons. The normalized spacial score (nSPS) is 19.6. The number of hydrogen-bond acceptors (Lipinski definition) is 4. The fraction of sp³-hybridized carbons (Fsp3) is 0.500. The van der Waals surface area contributed by atoms with Crippen LogP contribution in [0.5, 0.6) is 0 Å². The van der Waals surface area contributed by atoms with Gasteiger partial charge in [-0.25, -0.2) is 0 Å². The molecule has 0 spiro atoms. The van der Waals surface area contributed by atoms with E-state index in [1.807, 2.05) is 35.4 Å². The number of aromatic nitrogens is 2. The minimum absolute atomic E-state index is 0.133. The Kier molecular flexibility index (Phi) is 5.32. The molecule has 2 fully saturated rings. The number of nitrogens with one attached hydrogen (secondary N) is 2. The number of carbonyl (C=O) groups excluding carboxylic acids is 1. The fourth-order valence-corrected chi connectivity index (χ4v) is 3.84. The minimum atomic E-state index is 0.133. The summed E-state index contributed by atoms with van der Waals surface area (Å²) in [6.07, 6.45) is 7.89. The second-order valence-electron chi connectivity index (χ2n) is 7.18. The van der Waals surface area contributed by atoms with Gasteiger partial charge in [0.05, 0.1) is 6.20 Å². The van der Waals surface area contributed by atoms with Gasteiger partial charge in [-0.3, -0.25) is 9.89 Å². The molecule has 2 N–H and O–H groups in total. The Balaban J connectivity index is 1.30. The SMILES string of the molecule is O=C(c1ccc(-c2cn[nH]c2)cc1)N1CCC(NC2CCOCC2)CC1. The summed E-state index contributed by atoms with van der Waals surface area (Å²) in [5, 5.41) is 10.5. The summed E-state index contributed by atoms with van der Waals surface area (Å²) in [6, 6.07) is 8.89. The molecule has 4 rings (SSSR count). The number of nitrogens with zero attached hydrogens (tertiary/aromatic N) is 2. The van der Waals surface area contributed by atoms with Gasteiger partial charge in [0.25, 0.3) is 5.91 Å². The van der Waals surface area contributed by atoms with Crippen LogP contribution in [0.3, 0.4) is 0 Å². The molecule has 1 aromatic heterocycles. The molecular weight excluding hydrogens is 328 g/mol. The summed E-state index contributed by atoms with van der Waals surface area (Å²) in [4.78, 5) is 14.7. The number of likely N-dealkylation sites (tertiary alicyclic amines) is 1. The second kappa shape index (κ2) is 8.01. The van der Waals surface area contributed by atoms with Gasteiger partial charge in [0.1, 0.15) is 0 Å². The predicted molar refractivity (Wildman–Crippen MR) is 99.9 cm³/mol. The highest BCUT2D eigenvalue weighted by Crippen LogP contribution is 2.20. The first-order valence-electron chi connectivity index (χ1n) is 9.52. The first kappa shape index (κ1) is 17.2. The fourth-order valence-electron chi connectivity index (χ4n) is 3.84. The smallest absolute Gasteiger partial charge is 0.253 e. The summed E-state index contributed by atoms with van der Waals surface area (Å²) in [5.41, 5.74) is 2.85. The van der Waals surface area contributed by atoms with Gasteiger partial charge in [-0.1, -0.05) is 12.1 Å². The van der Waals surface area contributed by atoms with E-state index in [-0.39, 0.29) is 5.91 Å². The molecule has 0 unspecified atom stereocenters. The van der Waals surface area contributed by atoms with E-state index < -0.39 is 0 Å². The van der Waals surface area contributed by atoms with Crippen molar-refractivity contribution in [2.75, 3.05) is 26.3 Å². The van der Waals surface area contributed by atoms with Crippen LogP contribution in [0.1, 0.15) is 36.0 Å². The number of amides is 1. The number of rotatable bonds is 4. The number of ether oxygens (including phenoxy) is 1. The molecule has 2 aliphatic heterocycles. The number of aromatic amines is 1. The van der Waals surface area contributed by atoms with Crippen molar-refractivity contribution in [2.24, 2.45) is 0 Å². The molecule has 6 heteroatoms. The highest BCUT2D eigenvalue weighted by Gasteiger charge is 2.25. The van der Waals surface area contributed by atoms with Crippen molar-refractivity contribution in [3.8, 4) is 11.1 Å². The van der Waals surface area contributed by atoms with Crippen LogP contribution >= 0.6 is 0 Å². The van der Waals surface area contributed by atoms with Gasteiger partial charge in [-0.05, 0) is 43.4 Å². The Morgan fingerprint density at radius 1 is 1.04 bits per heavy atom. The maximum Gasteiger partial charge on any atom is 0.253 e. The number of benzene rings is 1. The van der Waals surface area contributed by atoms with Gasteiger partial charge in [0, 0.05) is 55.7 Å². The molecular formula is C20H26N4O2. The van der Waals surface area contributed by atoms with E-state index in [2.05, 4.69) is 15.5 Å². The molecule has 0 atom stereocenters. The highest BCUT2D eigenvalue weighted by molar-refractivity contribution is 5.94. The third-order valence-corrected chi connectivity index (χ3v) is 5.44. The van der Waals surface area contributed by atoms with E-state index in [1.54, 1.807) is 6.20 Å². The molecule has 2 saturated heterocycles. The van der Waals surface area contributed by atoms with Crippen molar-refractivity contribution in [1.82, 2.24) is 20.4 Å². The molecule has 3 heterocycles. The van der Waals surface area contributed by atoms with E-state index in [0.717, 1.165) is 68.7 Å². The lowest BCUT2D eigenvalue weighted by Gasteiger charge is -2.35. The van der Waals surface area contributed by atoms with E-state index in [0.29, 0.717) is 12.1 Å². The molecule has 1 amide bonds. The average Bonchev–Trinajstić information content (AvgIpc) is 3.24. The topological polar surface area (TPSA) is 70.2 Å². The van der Waals surface area contributed by atoms with Gasteiger partial charge >= 0.3 is 0 Å². The lowest BCUT2D eigenvalue weighted by atomic mass is 10.00. The van der Waals surface area contributed by atoms with Crippen molar-refractivity contribution >= 4 is 5.91 Å². The molecule has 0 aliphatic carbocycles. The van der Waals surface area contributed by atoms with Crippen molar-refractivity contribution in [3.63, 3.8) is 0 Å². The van der Waals surface area contributed by atoms with Gasteiger partial charge in [0.15, 0.2) is 0 Å². The van der Waals surface area contributed by atoms with Crippen molar-refractivity contribution in [2.45, 2.75) is 37.8 Å². The van der Waals surface area contributed by atoms with Crippen LogP contribution < -0.4 is 5.32 Å². The van der Waals surface area contributed by atoms with Crippen LogP contribution in [0.15, 0.2) is 36.7 Å². The van der Waals surface area contributed by atoms with Gasteiger partial charge in [0.2, 0.25) is 0 Å². The molecule has 26 heavy (non-hydrogen) atoms. The van der Waals surface area contributed by atoms with Crippen LogP contribution in [0.4, 0.5) is 0 Å². The first-order valence-corrected chi connectivity index (χ1v) is 9.52. The van der Waals surface area contributed by atoms with Gasteiger partial charge in [-0.2, -0.15) is 5.10 Å². The zero-order chi connectivity index (χ0) is 17.8. The zero-order valence-electron chi connectivity index (χ0n) is 15.0. The summed E-state index contributed by atoms with van der Waals surface area (Å²) < 4.78 is 5.42. The third-order valence-electron chi connectivity index (χ3n) is 5.44. The molecule has 2 aliphatic rings. The monoisotopic (exact) mass is 354 g/mol. The molecule has 0 saturated carbocycles. The number of carbonyl (C=O) groups is 1. The largest absolute Gasteiger partial charge is 0.381 e. The van der Waals surface area contributed by atoms with E-state index in [9.17, 15) is 4.79 Å². The summed E-state index contributed by atoms with van der Waals surface area (Å²) in [5.74, 6) is 0.133. The Morgan fingerprint density at radius 2 is 1.73 bits per heavy atom. The summed E-state index contributed by atoms with van der Waals surface area (Å²) in [7, 11) is 0. The summed E-state index contributed by atoms with van der Waals surface area (Å²) in [6.45, 7) is 3.38. The van der Waals surface area contributed by atoms with Crippen molar-refractivity contribution in [1.29, 1.82) is 0 Å². The van der Waals surface area contributed by atoms with Gasteiger partial charge in [-0.15, -0.1) is 0 Å². The zero-order valence-corrected chi connectivity index (χ0v) is 15.0. The quantitative estimate of drug-likeness (QED) is 0.885. The number of hydrogen-bond donors (Lipinski definition) is 2. The Labute approximate surface area is 153 Å². The molecule has 6 nitrogen and oxygen atoms in total. The molecule has 2 aromatic rings. The van der Waals surface area contributed by atoms with Crippen molar-refractivity contribution < 1.29 is 9.53 Å². The summed E-state index contributed by atoms with van der Waals surface area (Å²) >= 11 is 0. The number of H-pyrrole nitrogens is 1. The predicted octanol–water partition coefficient (Wildman–Crippen LogP) is 2.45. The maximum atomic E-state index is 12.8. The van der Waals surface area contributed by atoms with Gasteiger partial charge < -0.3 is 15.0 Å².